The Bertz CT molecular complexity index is 188. The van der Waals surface area contributed by atoms with Crippen molar-refractivity contribution < 1.29 is 0 Å². The maximum Gasteiger partial charge on any atom is 0.191 e. The number of hydrogen-bond acceptors (Lipinski definition) is 2. The topological polar surface area (TPSA) is 36.4 Å². The predicted molar refractivity (Wildman–Crippen MR) is 69.8 cm³/mol. The van der Waals surface area contributed by atoms with E-state index < -0.39 is 0 Å². The Morgan fingerprint density at radius 1 is 1.40 bits per heavy atom. The molecule has 1 saturated carbocycles. The Hall–Kier alpha value is -0.380. The summed E-state index contributed by atoms with van der Waals surface area (Å²) in [6, 6.07) is 0.650. The second kappa shape index (κ2) is 7.85. The van der Waals surface area contributed by atoms with Crippen LogP contribution in [0.3, 0.4) is 0 Å². The normalized spacial score (nSPS) is 18.1. The molecule has 15 heavy (non-hydrogen) atoms. The molecular formula is C11H23N3S. The van der Waals surface area contributed by atoms with Crippen LogP contribution in [-0.2, 0) is 0 Å². The predicted octanol–water partition coefficient (Wildman–Crippen LogP) is 1.85. The van der Waals surface area contributed by atoms with Gasteiger partial charge in [0.15, 0.2) is 5.96 Å². The SMILES string of the molecule is CCNC(=NCCSC)NC1CCCC1. The van der Waals surface area contributed by atoms with Gasteiger partial charge in [0.1, 0.15) is 0 Å². The molecule has 1 rings (SSSR count). The summed E-state index contributed by atoms with van der Waals surface area (Å²) in [6.45, 7) is 3.96. The third-order valence-corrected chi connectivity index (χ3v) is 3.20. The molecule has 0 aromatic carbocycles. The molecule has 0 radical (unpaired) electrons. The van der Waals surface area contributed by atoms with Gasteiger partial charge in [-0.2, -0.15) is 11.8 Å². The lowest BCUT2D eigenvalue weighted by Crippen LogP contribution is -2.42. The molecule has 3 nitrogen and oxygen atoms in total. The van der Waals surface area contributed by atoms with Crippen molar-refractivity contribution in [2.24, 2.45) is 4.99 Å². The van der Waals surface area contributed by atoms with Crippen LogP contribution in [-0.4, -0.2) is 37.1 Å². The summed E-state index contributed by atoms with van der Waals surface area (Å²) in [5, 5.41) is 6.80. The van der Waals surface area contributed by atoms with E-state index in [9.17, 15) is 0 Å². The van der Waals surface area contributed by atoms with Crippen LogP contribution in [0.5, 0.6) is 0 Å². The van der Waals surface area contributed by atoms with E-state index in [1.807, 2.05) is 11.8 Å². The van der Waals surface area contributed by atoms with Crippen molar-refractivity contribution in [2.45, 2.75) is 38.6 Å². The summed E-state index contributed by atoms with van der Waals surface area (Å²) in [7, 11) is 0. The summed E-state index contributed by atoms with van der Waals surface area (Å²) < 4.78 is 0. The fourth-order valence-corrected chi connectivity index (χ4v) is 2.11. The highest BCUT2D eigenvalue weighted by atomic mass is 32.2. The van der Waals surface area contributed by atoms with E-state index in [0.29, 0.717) is 6.04 Å². The van der Waals surface area contributed by atoms with Crippen LogP contribution in [0, 0.1) is 0 Å². The van der Waals surface area contributed by atoms with Gasteiger partial charge in [-0.05, 0) is 26.0 Å². The number of hydrogen-bond donors (Lipinski definition) is 2. The van der Waals surface area contributed by atoms with Gasteiger partial charge < -0.3 is 10.6 Å². The van der Waals surface area contributed by atoms with E-state index in [0.717, 1.165) is 24.8 Å². The van der Waals surface area contributed by atoms with Crippen LogP contribution in [0.4, 0.5) is 0 Å². The van der Waals surface area contributed by atoms with Gasteiger partial charge in [0.25, 0.3) is 0 Å². The van der Waals surface area contributed by atoms with Crippen molar-refractivity contribution in [3.63, 3.8) is 0 Å². The number of aliphatic imine (C=N–C) groups is 1. The van der Waals surface area contributed by atoms with Crippen LogP contribution in [0.1, 0.15) is 32.6 Å². The van der Waals surface area contributed by atoms with E-state index >= 15 is 0 Å². The molecule has 0 spiro atoms. The summed E-state index contributed by atoms with van der Waals surface area (Å²) in [6.07, 6.45) is 7.44. The molecule has 0 saturated heterocycles. The lowest BCUT2D eigenvalue weighted by atomic mass is 10.2. The van der Waals surface area contributed by atoms with E-state index in [-0.39, 0.29) is 0 Å². The molecule has 88 valence electrons. The maximum atomic E-state index is 4.54. The first-order valence-corrected chi connectivity index (χ1v) is 7.30. The average molecular weight is 229 g/mol. The van der Waals surface area contributed by atoms with E-state index in [4.69, 9.17) is 0 Å². The van der Waals surface area contributed by atoms with Gasteiger partial charge in [-0.1, -0.05) is 12.8 Å². The quantitative estimate of drug-likeness (QED) is 0.429. The van der Waals surface area contributed by atoms with E-state index in [2.05, 4.69) is 28.8 Å². The zero-order chi connectivity index (χ0) is 10.9. The molecule has 0 bridgehead atoms. The molecule has 1 fully saturated rings. The lowest BCUT2D eigenvalue weighted by Gasteiger charge is -2.16. The molecule has 4 heteroatoms. The van der Waals surface area contributed by atoms with Gasteiger partial charge in [0.05, 0.1) is 6.54 Å². The maximum absolute atomic E-state index is 4.54. The van der Waals surface area contributed by atoms with Crippen LogP contribution < -0.4 is 10.6 Å². The third-order valence-electron chi connectivity index (χ3n) is 2.61. The van der Waals surface area contributed by atoms with E-state index in [1.54, 1.807) is 0 Å². The van der Waals surface area contributed by atoms with Crippen molar-refractivity contribution in [2.75, 3.05) is 25.1 Å². The zero-order valence-electron chi connectivity index (χ0n) is 9.88. The second-order valence-corrected chi connectivity index (χ2v) is 4.86. The van der Waals surface area contributed by atoms with Crippen molar-refractivity contribution in [1.82, 2.24) is 10.6 Å². The molecule has 2 N–H and O–H groups in total. The smallest absolute Gasteiger partial charge is 0.191 e. The Morgan fingerprint density at radius 3 is 2.73 bits per heavy atom. The number of nitrogens with one attached hydrogen (secondary N) is 2. The van der Waals surface area contributed by atoms with Gasteiger partial charge >= 0.3 is 0 Å². The third kappa shape index (κ3) is 5.30. The number of guanidine groups is 1. The largest absolute Gasteiger partial charge is 0.357 e. The number of nitrogens with zero attached hydrogens (tertiary/aromatic N) is 1. The average Bonchev–Trinajstić information content (AvgIpc) is 2.71. The lowest BCUT2D eigenvalue weighted by molar-refractivity contribution is 0.614. The van der Waals surface area contributed by atoms with E-state index in [1.165, 1.54) is 25.7 Å². The Morgan fingerprint density at radius 2 is 2.13 bits per heavy atom. The molecule has 0 aliphatic heterocycles. The van der Waals surface area contributed by atoms with Crippen molar-refractivity contribution in [1.29, 1.82) is 0 Å². The molecule has 1 aliphatic carbocycles. The van der Waals surface area contributed by atoms with Gasteiger partial charge in [0.2, 0.25) is 0 Å². The van der Waals surface area contributed by atoms with Crippen LogP contribution in [0.15, 0.2) is 4.99 Å². The minimum Gasteiger partial charge on any atom is -0.357 e. The Kier molecular flexibility index (Phi) is 6.64. The van der Waals surface area contributed by atoms with Crippen molar-refractivity contribution in [3.05, 3.63) is 0 Å². The number of thioether (sulfide) groups is 1. The number of rotatable bonds is 5. The van der Waals surface area contributed by atoms with Crippen LogP contribution in [0.2, 0.25) is 0 Å². The summed E-state index contributed by atoms with van der Waals surface area (Å²) in [4.78, 5) is 4.54. The molecular weight excluding hydrogens is 206 g/mol. The highest BCUT2D eigenvalue weighted by molar-refractivity contribution is 7.98. The van der Waals surface area contributed by atoms with Gasteiger partial charge in [-0.3, -0.25) is 4.99 Å². The first-order valence-electron chi connectivity index (χ1n) is 5.90. The Labute approximate surface area is 97.5 Å². The highest BCUT2D eigenvalue weighted by Crippen LogP contribution is 2.17. The monoisotopic (exact) mass is 229 g/mol. The molecule has 0 heterocycles. The molecule has 0 aromatic rings. The minimum absolute atomic E-state index is 0.650. The first kappa shape index (κ1) is 12.7. The zero-order valence-corrected chi connectivity index (χ0v) is 10.7. The Balaban J connectivity index is 2.30. The van der Waals surface area contributed by atoms with Gasteiger partial charge in [0, 0.05) is 18.3 Å². The molecule has 1 aliphatic rings. The molecule has 0 atom stereocenters. The van der Waals surface area contributed by atoms with Crippen molar-refractivity contribution >= 4 is 17.7 Å². The van der Waals surface area contributed by atoms with Gasteiger partial charge in [-0.15, -0.1) is 0 Å². The standard InChI is InChI=1S/C11H23N3S/c1-3-12-11(13-8-9-15-2)14-10-6-4-5-7-10/h10H,3-9H2,1-2H3,(H2,12,13,14). The molecule has 0 aromatic heterocycles. The fourth-order valence-electron chi connectivity index (χ4n) is 1.83. The molecule has 0 unspecified atom stereocenters. The second-order valence-electron chi connectivity index (χ2n) is 3.88. The van der Waals surface area contributed by atoms with Crippen LogP contribution in [0.25, 0.3) is 0 Å². The molecule has 0 amide bonds. The summed E-state index contributed by atoms with van der Waals surface area (Å²) in [5.74, 6) is 2.10. The summed E-state index contributed by atoms with van der Waals surface area (Å²) in [5.41, 5.74) is 0. The highest BCUT2D eigenvalue weighted by Gasteiger charge is 2.15. The fraction of sp³-hybridized carbons (Fsp3) is 0.909. The van der Waals surface area contributed by atoms with Crippen LogP contribution >= 0.6 is 11.8 Å². The summed E-state index contributed by atoms with van der Waals surface area (Å²) >= 11 is 1.84. The minimum atomic E-state index is 0.650. The van der Waals surface area contributed by atoms with Gasteiger partial charge in [-0.25, -0.2) is 0 Å². The first-order chi connectivity index (χ1) is 7.36. The van der Waals surface area contributed by atoms with Crippen molar-refractivity contribution in [3.8, 4) is 0 Å².